The Balaban J connectivity index is 1.84. The van der Waals surface area contributed by atoms with Crippen molar-refractivity contribution in [2.75, 3.05) is 6.61 Å². The third-order valence-corrected chi connectivity index (χ3v) is 3.89. The van der Waals surface area contributed by atoms with Crippen molar-refractivity contribution in [2.24, 2.45) is 0 Å². The highest BCUT2D eigenvalue weighted by Crippen LogP contribution is 2.28. The molecule has 3 aromatic rings. The fourth-order valence-electron chi connectivity index (χ4n) is 2.50. The second kappa shape index (κ2) is 8.12. The summed E-state index contributed by atoms with van der Waals surface area (Å²) in [5.41, 5.74) is -0.0780. The molecule has 0 amide bonds. The van der Waals surface area contributed by atoms with Crippen molar-refractivity contribution >= 4 is 16.7 Å². The molecule has 144 valence electrons. The van der Waals surface area contributed by atoms with Gasteiger partial charge >= 0.3 is 5.97 Å². The molecule has 3 rings (SSSR count). The van der Waals surface area contributed by atoms with Crippen molar-refractivity contribution in [1.29, 1.82) is 0 Å². The SMILES string of the molecule is CC=CCOc1cc(F)c(OC(=O)c2ccc3c(F)c(F)ccc3c2)c(F)c1. The van der Waals surface area contributed by atoms with Gasteiger partial charge in [0.05, 0.1) is 5.56 Å². The van der Waals surface area contributed by atoms with E-state index >= 15 is 0 Å². The van der Waals surface area contributed by atoms with Crippen molar-refractivity contribution in [3.8, 4) is 11.5 Å². The highest BCUT2D eigenvalue weighted by atomic mass is 19.2. The van der Waals surface area contributed by atoms with E-state index in [0.29, 0.717) is 0 Å². The number of esters is 1. The lowest BCUT2D eigenvalue weighted by Crippen LogP contribution is -2.11. The van der Waals surface area contributed by atoms with E-state index < -0.39 is 35.0 Å². The molecule has 0 unspecified atom stereocenters. The molecule has 0 fully saturated rings. The van der Waals surface area contributed by atoms with Crippen molar-refractivity contribution in [2.45, 2.75) is 6.92 Å². The number of hydrogen-bond donors (Lipinski definition) is 0. The molecule has 0 spiro atoms. The van der Waals surface area contributed by atoms with Crippen LogP contribution in [0.4, 0.5) is 17.6 Å². The summed E-state index contributed by atoms with van der Waals surface area (Å²) in [7, 11) is 0. The van der Waals surface area contributed by atoms with Gasteiger partial charge in [0, 0.05) is 17.5 Å². The zero-order chi connectivity index (χ0) is 20.3. The van der Waals surface area contributed by atoms with E-state index in [9.17, 15) is 22.4 Å². The molecule has 3 aromatic carbocycles. The molecular weight excluding hydrogens is 376 g/mol. The lowest BCUT2D eigenvalue weighted by molar-refractivity contribution is 0.0720. The number of carbonyl (C=O) groups excluding carboxylic acids is 1. The second-order valence-corrected chi connectivity index (χ2v) is 5.78. The molecule has 7 heteroatoms. The quantitative estimate of drug-likeness (QED) is 0.247. The van der Waals surface area contributed by atoms with E-state index in [1.165, 1.54) is 24.3 Å². The molecule has 0 aliphatic carbocycles. The zero-order valence-electron chi connectivity index (χ0n) is 14.6. The van der Waals surface area contributed by atoms with E-state index in [1.54, 1.807) is 19.1 Å². The molecular formula is C21H14F4O3. The van der Waals surface area contributed by atoms with E-state index in [2.05, 4.69) is 0 Å². The fourth-order valence-corrected chi connectivity index (χ4v) is 2.50. The minimum absolute atomic E-state index is 0.0310. The molecule has 0 aliphatic rings. The summed E-state index contributed by atoms with van der Waals surface area (Å²) in [5.74, 6) is -6.29. The third-order valence-electron chi connectivity index (χ3n) is 3.89. The number of halogens is 4. The maximum absolute atomic E-state index is 14.1. The fraction of sp³-hybridized carbons (Fsp3) is 0.0952. The van der Waals surface area contributed by atoms with Crippen LogP contribution < -0.4 is 9.47 Å². The van der Waals surface area contributed by atoms with Gasteiger partial charge in [0.2, 0.25) is 5.75 Å². The van der Waals surface area contributed by atoms with Gasteiger partial charge in [0.25, 0.3) is 0 Å². The maximum Gasteiger partial charge on any atom is 0.343 e. The van der Waals surface area contributed by atoms with Gasteiger partial charge in [-0.1, -0.05) is 24.3 Å². The predicted molar refractivity (Wildman–Crippen MR) is 95.5 cm³/mol. The molecule has 0 saturated carbocycles. The van der Waals surface area contributed by atoms with Crippen LogP contribution in [0.5, 0.6) is 11.5 Å². The number of carbonyl (C=O) groups is 1. The predicted octanol–water partition coefficient (Wildman–Crippen LogP) is 5.57. The van der Waals surface area contributed by atoms with Gasteiger partial charge in [-0.2, -0.15) is 0 Å². The summed E-state index contributed by atoms with van der Waals surface area (Å²) < 4.78 is 65.2. The van der Waals surface area contributed by atoms with Crippen LogP contribution >= 0.6 is 0 Å². The Bertz CT molecular complexity index is 1050. The Kier molecular flexibility index (Phi) is 5.63. The summed E-state index contributed by atoms with van der Waals surface area (Å²) >= 11 is 0. The van der Waals surface area contributed by atoms with E-state index in [1.807, 2.05) is 0 Å². The molecule has 0 radical (unpaired) electrons. The average Bonchev–Trinajstić information content (AvgIpc) is 2.67. The lowest BCUT2D eigenvalue weighted by atomic mass is 10.1. The van der Waals surface area contributed by atoms with Gasteiger partial charge in [0.1, 0.15) is 12.4 Å². The normalized spacial score (nSPS) is 11.2. The standard InChI is InChI=1S/C21H14F4O3/c1-2-3-8-27-14-10-17(23)20(18(24)11-14)28-21(26)13-4-6-15-12(9-13)5-7-16(22)19(15)25/h2-7,9-11H,8H2,1H3. The largest absolute Gasteiger partial charge is 0.489 e. The van der Waals surface area contributed by atoms with Crippen LogP contribution in [0.2, 0.25) is 0 Å². The van der Waals surface area contributed by atoms with Crippen molar-refractivity contribution in [3.63, 3.8) is 0 Å². The topological polar surface area (TPSA) is 35.5 Å². The van der Waals surface area contributed by atoms with Crippen molar-refractivity contribution < 1.29 is 31.8 Å². The first-order valence-corrected chi connectivity index (χ1v) is 8.23. The van der Waals surface area contributed by atoms with E-state index in [0.717, 1.165) is 18.2 Å². The molecule has 0 aliphatic heterocycles. The Morgan fingerprint density at radius 2 is 1.68 bits per heavy atom. The van der Waals surface area contributed by atoms with Crippen LogP contribution in [-0.2, 0) is 0 Å². The minimum atomic E-state index is -1.11. The Hall–Kier alpha value is -3.35. The molecule has 0 N–H and O–H groups in total. The highest BCUT2D eigenvalue weighted by Gasteiger charge is 2.19. The zero-order valence-corrected chi connectivity index (χ0v) is 14.6. The van der Waals surface area contributed by atoms with Crippen LogP contribution in [0, 0.1) is 23.3 Å². The average molecular weight is 390 g/mol. The summed E-state index contributed by atoms with van der Waals surface area (Å²) in [5, 5.41) is 0.207. The monoisotopic (exact) mass is 390 g/mol. The van der Waals surface area contributed by atoms with E-state index in [4.69, 9.17) is 9.47 Å². The minimum Gasteiger partial charge on any atom is -0.489 e. The summed E-state index contributed by atoms with van der Waals surface area (Å²) in [6, 6.07) is 7.60. The number of allylic oxidation sites excluding steroid dienone is 1. The molecule has 0 heterocycles. The maximum atomic E-state index is 14.1. The van der Waals surface area contributed by atoms with Crippen LogP contribution in [0.1, 0.15) is 17.3 Å². The first kappa shape index (κ1) is 19.4. The number of hydrogen-bond acceptors (Lipinski definition) is 3. The van der Waals surface area contributed by atoms with Crippen LogP contribution in [0.25, 0.3) is 10.8 Å². The number of ether oxygens (including phenoxy) is 2. The number of benzene rings is 3. The van der Waals surface area contributed by atoms with Gasteiger partial charge in [-0.15, -0.1) is 0 Å². The number of fused-ring (bicyclic) bond motifs is 1. The second-order valence-electron chi connectivity index (χ2n) is 5.78. The number of rotatable bonds is 5. The molecule has 28 heavy (non-hydrogen) atoms. The molecule has 0 saturated heterocycles. The van der Waals surface area contributed by atoms with Crippen molar-refractivity contribution in [1.82, 2.24) is 0 Å². The highest BCUT2D eigenvalue weighted by molar-refractivity contribution is 5.96. The van der Waals surface area contributed by atoms with Crippen LogP contribution in [0.3, 0.4) is 0 Å². The summed E-state index contributed by atoms with van der Waals surface area (Å²) in [6.07, 6.45) is 3.37. The lowest BCUT2D eigenvalue weighted by Gasteiger charge is -2.10. The Morgan fingerprint density at radius 1 is 0.964 bits per heavy atom. The molecule has 0 atom stereocenters. The van der Waals surface area contributed by atoms with Crippen LogP contribution in [0.15, 0.2) is 54.6 Å². The first-order valence-electron chi connectivity index (χ1n) is 8.23. The Morgan fingerprint density at radius 3 is 2.36 bits per heavy atom. The van der Waals surface area contributed by atoms with Crippen LogP contribution in [-0.4, -0.2) is 12.6 Å². The molecule has 0 bridgehead atoms. The molecule has 0 aromatic heterocycles. The summed E-state index contributed by atoms with van der Waals surface area (Å²) in [6.45, 7) is 1.90. The van der Waals surface area contributed by atoms with Gasteiger partial charge in [0.15, 0.2) is 23.3 Å². The van der Waals surface area contributed by atoms with Gasteiger partial charge in [-0.05, 0) is 30.5 Å². The van der Waals surface area contributed by atoms with Crippen molar-refractivity contribution in [3.05, 3.63) is 83.4 Å². The Labute approximate surface area is 157 Å². The smallest absolute Gasteiger partial charge is 0.343 e. The van der Waals surface area contributed by atoms with Gasteiger partial charge in [-0.3, -0.25) is 0 Å². The van der Waals surface area contributed by atoms with Gasteiger partial charge < -0.3 is 9.47 Å². The third kappa shape index (κ3) is 3.98. The molecule has 3 nitrogen and oxygen atoms in total. The first-order chi connectivity index (χ1) is 13.4. The van der Waals surface area contributed by atoms with Gasteiger partial charge in [-0.25, -0.2) is 22.4 Å². The summed E-state index contributed by atoms with van der Waals surface area (Å²) in [4.78, 5) is 12.2. The van der Waals surface area contributed by atoms with E-state index in [-0.39, 0.29) is 28.7 Å².